The highest BCUT2D eigenvalue weighted by Crippen LogP contribution is 2.38. The van der Waals surface area contributed by atoms with Gasteiger partial charge in [-0.3, -0.25) is 0 Å². The first-order valence-corrected chi connectivity index (χ1v) is 24.7. The van der Waals surface area contributed by atoms with Crippen LogP contribution in [0.5, 0.6) is 0 Å². The fourth-order valence-corrected chi connectivity index (χ4v) is 12.6. The molecule has 0 bridgehead atoms. The summed E-state index contributed by atoms with van der Waals surface area (Å²) in [5.74, 6) is 0.739. The summed E-state index contributed by atoms with van der Waals surface area (Å²) >= 11 is 0. The van der Waals surface area contributed by atoms with Crippen molar-refractivity contribution < 1.29 is 0 Å². The summed E-state index contributed by atoms with van der Waals surface area (Å²) in [4.78, 5) is 11.1. The van der Waals surface area contributed by atoms with Gasteiger partial charge in [-0.15, -0.1) is 0 Å². The molecule has 0 atom stereocenters. The Morgan fingerprint density at radius 3 is 1.17 bits per heavy atom. The molecule has 0 unspecified atom stereocenters. The van der Waals surface area contributed by atoms with Gasteiger partial charge >= 0.3 is 0 Å². The van der Waals surface area contributed by atoms with Crippen LogP contribution in [-0.4, -0.2) is 18.0 Å². The average molecular weight is 821 g/mol. The van der Waals surface area contributed by atoms with E-state index in [-0.39, 0.29) is 0 Å². The zero-order valence-electron chi connectivity index (χ0n) is 35.3. The van der Waals surface area contributed by atoms with Crippen LogP contribution in [0, 0.1) is 0 Å². The standard InChI is InChI=1S/C60H44N2Si/c1-63(2)56-30-13-12-29-55(56)58-59(63)57(50-27-15-26-49(36-50)54-39-52(42-19-8-4-9-20-42)38-53(40-54)43-21-10-5-11-22-43)61-60(62-58)51-28-16-25-48(37-51)47-24-14-23-46(35-47)45-33-31-44(32-34-45)41-17-6-3-7-18-41/h3-40H,1-2H3. The van der Waals surface area contributed by atoms with Gasteiger partial charge < -0.3 is 0 Å². The van der Waals surface area contributed by atoms with Crippen LogP contribution in [0.25, 0.3) is 101 Å². The lowest BCUT2D eigenvalue weighted by molar-refractivity contribution is 1.20. The molecule has 298 valence electrons. The SMILES string of the molecule is C[Si]1(C)c2ccccc2-c2nc(-c3cccc(-c4cccc(-c5ccc(-c6ccccc6)cc5)c4)c3)nc(-c3cccc(-c4cc(-c5ccccc5)cc(-c5ccccc5)c4)c3)c21. The van der Waals surface area contributed by atoms with Gasteiger partial charge in [0.25, 0.3) is 0 Å². The van der Waals surface area contributed by atoms with Crippen molar-refractivity contribution in [2.24, 2.45) is 0 Å². The third-order valence-electron chi connectivity index (χ3n) is 12.6. The summed E-state index contributed by atoms with van der Waals surface area (Å²) in [7, 11) is -2.19. The molecule has 0 saturated heterocycles. The number of aromatic nitrogens is 2. The predicted octanol–water partition coefficient (Wildman–Crippen LogP) is 14.6. The minimum absolute atomic E-state index is 0.739. The number of hydrogen-bond acceptors (Lipinski definition) is 2. The molecule has 63 heavy (non-hydrogen) atoms. The van der Waals surface area contributed by atoms with E-state index in [1.807, 2.05) is 0 Å². The molecule has 3 heteroatoms. The topological polar surface area (TPSA) is 25.8 Å². The Bertz CT molecular complexity index is 3230. The van der Waals surface area contributed by atoms with E-state index >= 15 is 0 Å². The lowest BCUT2D eigenvalue weighted by Gasteiger charge is -2.22. The van der Waals surface area contributed by atoms with E-state index in [1.54, 1.807) is 0 Å². The van der Waals surface area contributed by atoms with Crippen molar-refractivity contribution in [1.82, 2.24) is 9.97 Å². The summed E-state index contributed by atoms with van der Waals surface area (Å²) < 4.78 is 0. The smallest absolute Gasteiger partial charge is 0.160 e. The number of benzene rings is 9. The molecule has 1 aromatic heterocycles. The van der Waals surface area contributed by atoms with Crippen molar-refractivity contribution in [3.63, 3.8) is 0 Å². The summed E-state index contributed by atoms with van der Waals surface area (Å²) in [5, 5.41) is 2.71. The molecule has 1 aliphatic heterocycles. The van der Waals surface area contributed by atoms with Crippen LogP contribution in [0.3, 0.4) is 0 Å². The molecule has 0 spiro atoms. The van der Waals surface area contributed by atoms with Gasteiger partial charge in [0.1, 0.15) is 8.07 Å². The lowest BCUT2D eigenvalue weighted by Crippen LogP contribution is -2.50. The fourth-order valence-electron chi connectivity index (χ4n) is 9.39. The zero-order valence-corrected chi connectivity index (χ0v) is 36.3. The molecule has 2 nitrogen and oxygen atoms in total. The highest BCUT2D eigenvalue weighted by Gasteiger charge is 2.41. The van der Waals surface area contributed by atoms with Gasteiger partial charge in [0.05, 0.1) is 11.4 Å². The van der Waals surface area contributed by atoms with Crippen molar-refractivity contribution in [3.8, 4) is 101 Å². The van der Waals surface area contributed by atoms with Crippen molar-refractivity contribution >= 4 is 18.4 Å². The van der Waals surface area contributed by atoms with E-state index in [0.29, 0.717) is 0 Å². The van der Waals surface area contributed by atoms with E-state index in [4.69, 9.17) is 9.97 Å². The highest BCUT2D eigenvalue weighted by molar-refractivity contribution is 7.04. The van der Waals surface area contributed by atoms with Gasteiger partial charge in [0.15, 0.2) is 5.82 Å². The van der Waals surface area contributed by atoms with Crippen molar-refractivity contribution in [1.29, 1.82) is 0 Å². The van der Waals surface area contributed by atoms with Crippen LogP contribution < -0.4 is 10.4 Å². The van der Waals surface area contributed by atoms with Crippen LogP contribution in [-0.2, 0) is 0 Å². The molecule has 0 aliphatic carbocycles. The maximum atomic E-state index is 5.59. The molecule has 0 radical (unpaired) electrons. The van der Waals surface area contributed by atoms with Gasteiger partial charge in [0.2, 0.25) is 0 Å². The van der Waals surface area contributed by atoms with Crippen LogP contribution in [0.15, 0.2) is 231 Å². The summed E-state index contributed by atoms with van der Waals surface area (Å²) in [6.45, 7) is 4.90. The molecule has 11 rings (SSSR count). The summed E-state index contributed by atoms with van der Waals surface area (Å²) in [6, 6.07) is 83.2. The van der Waals surface area contributed by atoms with Crippen molar-refractivity contribution in [3.05, 3.63) is 231 Å². The Morgan fingerprint density at radius 1 is 0.270 bits per heavy atom. The Hall–Kier alpha value is -7.72. The Morgan fingerprint density at radius 2 is 0.603 bits per heavy atom. The number of fused-ring (bicyclic) bond motifs is 3. The van der Waals surface area contributed by atoms with Gasteiger partial charge in [0, 0.05) is 11.1 Å². The van der Waals surface area contributed by atoms with Crippen LogP contribution in [0.2, 0.25) is 13.1 Å². The van der Waals surface area contributed by atoms with E-state index in [0.717, 1.165) is 45.0 Å². The van der Waals surface area contributed by atoms with Gasteiger partial charge in [-0.2, -0.15) is 0 Å². The minimum Gasteiger partial charge on any atom is -0.228 e. The molecule has 9 aromatic carbocycles. The Balaban J connectivity index is 1.02. The second kappa shape index (κ2) is 16.0. The molecule has 10 aromatic rings. The molecule has 2 heterocycles. The van der Waals surface area contributed by atoms with Crippen molar-refractivity contribution in [2.75, 3.05) is 0 Å². The van der Waals surface area contributed by atoms with Gasteiger partial charge in [-0.05, 0) is 119 Å². The largest absolute Gasteiger partial charge is 0.228 e. The Kier molecular flexibility index (Phi) is 9.68. The Labute approximate surface area is 370 Å². The first kappa shape index (κ1) is 38.2. The maximum Gasteiger partial charge on any atom is 0.160 e. The summed E-state index contributed by atoms with van der Waals surface area (Å²) in [6.07, 6.45) is 0. The normalized spacial score (nSPS) is 12.4. The first-order chi connectivity index (χ1) is 31.0. The maximum absolute atomic E-state index is 5.59. The van der Waals surface area contributed by atoms with E-state index in [9.17, 15) is 0 Å². The minimum atomic E-state index is -2.19. The third kappa shape index (κ3) is 7.23. The van der Waals surface area contributed by atoms with Gasteiger partial charge in [-0.25, -0.2) is 9.97 Å². The highest BCUT2D eigenvalue weighted by atomic mass is 28.3. The van der Waals surface area contributed by atoms with E-state index in [2.05, 4.69) is 244 Å². The van der Waals surface area contributed by atoms with Crippen LogP contribution >= 0.6 is 0 Å². The number of rotatable bonds is 8. The quantitative estimate of drug-likeness (QED) is 0.143. The molecule has 0 saturated carbocycles. The molecule has 0 amide bonds. The van der Waals surface area contributed by atoms with Crippen molar-refractivity contribution in [2.45, 2.75) is 13.1 Å². The molecule has 1 aliphatic rings. The second-order valence-corrected chi connectivity index (χ2v) is 21.3. The molecular formula is C60H44N2Si. The molecule has 0 fully saturated rings. The number of nitrogens with zero attached hydrogens (tertiary/aromatic N) is 2. The second-order valence-electron chi connectivity index (χ2n) is 17.0. The van der Waals surface area contributed by atoms with Crippen LogP contribution in [0.4, 0.5) is 0 Å². The monoisotopic (exact) mass is 820 g/mol. The number of hydrogen-bond donors (Lipinski definition) is 0. The van der Waals surface area contributed by atoms with Gasteiger partial charge in [-0.1, -0.05) is 207 Å². The average Bonchev–Trinajstić information content (AvgIpc) is 3.60. The third-order valence-corrected chi connectivity index (χ3v) is 16.2. The summed E-state index contributed by atoms with van der Waals surface area (Å²) in [5.41, 5.74) is 19.6. The molecule has 0 N–H and O–H groups in total. The molecular weight excluding hydrogens is 777 g/mol. The zero-order chi connectivity index (χ0) is 42.3. The predicted molar refractivity (Wildman–Crippen MR) is 268 cm³/mol. The van der Waals surface area contributed by atoms with E-state index in [1.165, 1.54) is 66.0 Å². The van der Waals surface area contributed by atoms with Crippen LogP contribution in [0.1, 0.15) is 0 Å². The first-order valence-electron chi connectivity index (χ1n) is 21.7. The fraction of sp³-hybridized carbons (Fsp3) is 0.0333. The lowest BCUT2D eigenvalue weighted by atomic mass is 9.92. The van der Waals surface area contributed by atoms with E-state index < -0.39 is 8.07 Å².